The average molecular weight is 318 g/mol. The Morgan fingerprint density at radius 1 is 1.53 bits per heavy atom. The van der Waals surface area contributed by atoms with Crippen molar-refractivity contribution in [2.75, 3.05) is 24.5 Å². The van der Waals surface area contributed by atoms with Gasteiger partial charge in [-0.2, -0.15) is 0 Å². The van der Waals surface area contributed by atoms with Gasteiger partial charge in [-0.25, -0.2) is 0 Å². The number of anilines is 1. The lowest BCUT2D eigenvalue weighted by molar-refractivity contribution is 0.528. The molecule has 1 aliphatic heterocycles. The molecule has 0 aliphatic carbocycles. The minimum Gasteiger partial charge on any atom is -0.370 e. The lowest BCUT2D eigenvalue weighted by Crippen LogP contribution is -2.37. The van der Waals surface area contributed by atoms with Crippen molar-refractivity contribution in [1.82, 2.24) is 5.32 Å². The van der Waals surface area contributed by atoms with Gasteiger partial charge in [0.05, 0.1) is 5.02 Å². The number of rotatable bonds is 2. The maximum atomic E-state index is 6.03. The second kappa shape index (κ2) is 6.07. The lowest BCUT2D eigenvalue weighted by atomic mass is 10.2. The van der Waals surface area contributed by atoms with E-state index in [-0.39, 0.29) is 0 Å². The fourth-order valence-electron chi connectivity index (χ4n) is 2.19. The van der Waals surface area contributed by atoms with E-state index >= 15 is 0 Å². The fourth-order valence-corrected chi connectivity index (χ4v) is 2.67. The van der Waals surface area contributed by atoms with E-state index in [0.717, 1.165) is 29.1 Å². The highest BCUT2D eigenvalue weighted by atomic mass is 79.9. The Bertz CT molecular complexity index is 384. The topological polar surface area (TPSA) is 15.3 Å². The number of halogens is 2. The molecule has 0 radical (unpaired) electrons. The zero-order chi connectivity index (χ0) is 12.3. The summed E-state index contributed by atoms with van der Waals surface area (Å²) in [5.74, 6) is 0. The first kappa shape index (κ1) is 13.2. The number of nitrogens with zero attached hydrogens (tertiary/aromatic N) is 1. The van der Waals surface area contributed by atoms with Gasteiger partial charge in [-0.15, -0.1) is 0 Å². The maximum Gasteiger partial charge on any atom is 0.0549 e. The Balaban J connectivity index is 2.16. The predicted molar refractivity (Wildman–Crippen MR) is 78.1 cm³/mol. The highest BCUT2D eigenvalue weighted by Gasteiger charge is 2.16. The molecule has 17 heavy (non-hydrogen) atoms. The van der Waals surface area contributed by atoms with Crippen molar-refractivity contribution >= 4 is 33.2 Å². The molecule has 0 bridgehead atoms. The molecule has 1 atom stereocenters. The summed E-state index contributed by atoms with van der Waals surface area (Å²) < 4.78 is 0.974. The van der Waals surface area contributed by atoms with Crippen molar-refractivity contribution in [2.45, 2.75) is 25.8 Å². The minimum absolute atomic E-state index is 0.590. The van der Waals surface area contributed by atoms with Crippen molar-refractivity contribution in [3.63, 3.8) is 0 Å². The standard InChI is InChI=1S/C13H18BrClN2/c1-2-10-9-17(7-3-6-16-10)11-4-5-13(15)12(14)8-11/h4-5,8,10,16H,2-3,6-7,9H2,1H3. The Hall–Kier alpha value is -0.250. The molecule has 1 aromatic carbocycles. The van der Waals surface area contributed by atoms with Crippen molar-refractivity contribution in [3.8, 4) is 0 Å². The summed E-state index contributed by atoms with van der Waals surface area (Å²) in [7, 11) is 0. The Morgan fingerprint density at radius 3 is 3.06 bits per heavy atom. The molecule has 94 valence electrons. The van der Waals surface area contributed by atoms with E-state index < -0.39 is 0 Å². The summed E-state index contributed by atoms with van der Waals surface area (Å²) in [6, 6.07) is 6.76. The van der Waals surface area contributed by atoms with E-state index in [4.69, 9.17) is 11.6 Å². The minimum atomic E-state index is 0.590. The van der Waals surface area contributed by atoms with Crippen molar-refractivity contribution < 1.29 is 0 Å². The van der Waals surface area contributed by atoms with Crippen LogP contribution >= 0.6 is 27.5 Å². The van der Waals surface area contributed by atoms with Gasteiger partial charge in [-0.1, -0.05) is 18.5 Å². The van der Waals surface area contributed by atoms with Crippen LogP contribution in [-0.2, 0) is 0 Å². The van der Waals surface area contributed by atoms with Crippen LogP contribution in [0.5, 0.6) is 0 Å². The van der Waals surface area contributed by atoms with Gasteiger partial charge in [0, 0.05) is 29.3 Å². The van der Waals surface area contributed by atoms with E-state index in [1.54, 1.807) is 0 Å². The molecule has 0 amide bonds. The SMILES string of the molecule is CCC1CN(c2ccc(Cl)c(Br)c2)CCCN1. The third-order valence-corrected chi connectivity index (χ3v) is 4.45. The second-order valence-corrected chi connectivity index (χ2v) is 5.72. The quantitative estimate of drug-likeness (QED) is 0.895. The van der Waals surface area contributed by atoms with E-state index in [9.17, 15) is 0 Å². The first-order valence-corrected chi connectivity index (χ1v) is 7.31. The van der Waals surface area contributed by atoms with Gasteiger partial charge in [0.2, 0.25) is 0 Å². The first-order valence-electron chi connectivity index (χ1n) is 6.14. The Kier molecular flexibility index (Phi) is 4.71. The van der Waals surface area contributed by atoms with E-state index in [1.165, 1.54) is 18.5 Å². The maximum absolute atomic E-state index is 6.03. The fraction of sp³-hybridized carbons (Fsp3) is 0.538. The van der Waals surface area contributed by atoms with Crippen molar-refractivity contribution in [2.24, 2.45) is 0 Å². The van der Waals surface area contributed by atoms with Crippen molar-refractivity contribution in [3.05, 3.63) is 27.7 Å². The molecule has 2 nitrogen and oxygen atoms in total. The molecule has 0 aromatic heterocycles. The molecule has 1 heterocycles. The molecule has 1 aliphatic rings. The van der Waals surface area contributed by atoms with Gasteiger partial charge in [0.1, 0.15) is 0 Å². The zero-order valence-electron chi connectivity index (χ0n) is 10.0. The number of benzene rings is 1. The molecular weight excluding hydrogens is 300 g/mol. The molecule has 0 saturated carbocycles. The van der Waals surface area contributed by atoms with Gasteiger partial charge >= 0.3 is 0 Å². The van der Waals surface area contributed by atoms with Gasteiger partial charge < -0.3 is 10.2 Å². The third-order valence-electron chi connectivity index (χ3n) is 3.24. The van der Waals surface area contributed by atoms with Crippen LogP contribution < -0.4 is 10.2 Å². The largest absolute Gasteiger partial charge is 0.370 e. The van der Waals surface area contributed by atoms with Gasteiger partial charge in [-0.3, -0.25) is 0 Å². The third kappa shape index (κ3) is 3.36. The van der Waals surface area contributed by atoms with Crippen LogP contribution in [0.2, 0.25) is 5.02 Å². The molecular formula is C13H18BrClN2. The van der Waals surface area contributed by atoms with Gasteiger partial charge in [0.25, 0.3) is 0 Å². The molecule has 1 aromatic rings. The Labute approximate surface area is 116 Å². The van der Waals surface area contributed by atoms with Crippen molar-refractivity contribution in [1.29, 1.82) is 0 Å². The van der Waals surface area contributed by atoms with Crippen LogP contribution in [0.25, 0.3) is 0 Å². The summed E-state index contributed by atoms with van der Waals surface area (Å²) in [6.45, 7) is 5.53. The summed E-state index contributed by atoms with van der Waals surface area (Å²) in [6.07, 6.45) is 2.36. The van der Waals surface area contributed by atoms with Crippen LogP contribution in [0.15, 0.2) is 22.7 Å². The molecule has 1 unspecified atom stereocenters. The van der Waals surface area contributed by atoms with Crippen LogP contribution in [-0.4, -0.2) is 25.7 Å². The monoisotopic (exact) mass is 316 g/mol. The second-order valence-electron chi connectivity index (χ2n) is 4.46. The molecule has 0 spiro atoms. The zero-order valence-corrected chi connectivity index (χ0v) is 12.4. The van der Waals surface area contributed by atoms with Crippen LogP contribution in [0.4, 0.5) is 5.69 Å². The van der Waals surface area contributed by atoms with E-state index in [0.29, 0.717) is 6.04 Å². The average Bonchev–Trinajstić information content (AvgIpc) is 2.58. The molecule has 4 heteroatoms. The van der Waals surface area contributed by atoms with Crippen LogP contribution in [0.1, 0.15) is 19.8 Å². The molecule has 1 saturated heterocycles. The highest BCUT2D eigenvalue weighted by molar-refractivity contribution is 9.10. The highest BCUT2D eigenvalue weighted by Crippen LogP contribution is 2.28. The van der Waals surface area contributed by atoms with Gasteiger partial charge in [-0.05, 0) is 53.5 Å². The smallest absolute Gasteiger partial charge is 0.0549 e. The normalized spacial score (nSPS) is 21.4. The molecule has 1 fully saturated rings. The summed E-state index contributed by atoms with van der Waals surface area (Å²) in [4.78, 5) is 2.44. The van der Waals surface area contributed by atoms with Gasteiger partial charge in [0.15, 0.2) is 0 Å². The number of hydrogen-bond donors (Lipinski definition) is 1. The first-order chi connectivity index (χ1) is 8.20. The number of hydrogen-bond acceptors (Lipinski definition) is 2. The lowest BCUT2D eigenvalue weighted by Gasteiger charge is -2.26. The Morgan fingerprint density at radius 2 is 2.35 bits per heavy atom. The summed E-state index contributed by atoms with van der Waals surface area (Å²) in [5.41, 5.74) is 1.25. The van der Waals surface area contributed by atoms with Crippen LogP contribution in [0, 0.1) is 0 Å². The molecule has 1 N–H and O–H groups in total. The summed E-state index contributed by atoms with van der Waals surface area (Å²) >= 11 is 9.52. The van der Waals surface area contributed by atoms with E-state index in [2.05, 4.69) is 45.2 Å². The molecule has 2 rings (SSSR count). The van der Waals surface area contributed by atoms with E-state index in [1.807, 2.05) is 6.07 Å². The summed E-state index contributed by atoms with van der Waals surface area (Å²) in [5, 5.41) is 4.35. The number of nitrogens with one attached hydrogen (secondary N) is 1. The predicted octanol–water partition coefficient (Wildman–Crippen LogP) is 3.68. The van der Waals surface area contributed by atoms with Crippen LogP contribution in [0.3, 0.4) is 0 Å².